The molecule has 0 bridgehead atoms. The van der Waals surface area contributed by atoms with Crippen LogP contribution in [0, 0.1) is 11.3 Å². The Labute approximate surface area is 64.8 Å². The summed E-state index contributed by atoms with van der Waals surface area (Å²) < 4.78 is 0. The van der Waals surface area contributed by atoms with E-state index in [1.807, 2.05) is 6.07 Å². The number of nitrogens with one attached hydrogen (secondary N) is 1. The van der Waals surface area contributed by atoms with Gasteiger partial charge in [0.25, 0.3) is 0 Å². The Kier molecular flexibility index (Phi) is 4.18. The zero-order valence-corrected chi connectivity index (χ0v) is 6.24. The van der Waals surface area contributed by atoms with E-state index in [-0.39, 0.29) is 12.6 Å². The fourth-order valence-corrected chi connectivity index (χ4v) is 0.435. The van der Waals surface area contributed by atoms with Crippen LogP contribution >= 0.6 is 0 Å². The van der Waals surface area contributed by atoms with E-state index >= 15 is 0 Å². The van der Waals surface area contributed by atoms with E-state index in [1.54, 1.807) is 6.92 Å². The van der Waals surface area contributed by atoms with Crippen molar-refractivity contribution < 1.29 is 9.90 Å². The summed E-state index contributed by atoms with van der Waals surface area (Å²) in [6.45, 7) is 1.64. The highest BCUT2D eigenvalue weighted by Gasteiger charge is 2.10. The first-order valence-corrected chi connectivity index (χ1v) is 3.18. The number of aliphatic hydroxyl groups is 1. The van der Waals surface area contributed by atoms with Crippen molar-refractivity contribution in [1.29, 1.82) is 5.26 Å². The average Bonchev–Trinajstić information content (AvgIpc) is 1.99. The van der Waals surface area contributed by atoms with Gasteiger partial charge in [-0.05, 0) is 6.92 Å². The number of primary amides is 1. The Morgan fingerprint density at radius 3 is 2.82 bits per heavy atom. The molecule has 62 valence electrons. The number of nitriles is 1. The maximum Gasteiger partial charge on any atom is 0.247 e. The van der Waals surface area contributed by atoms with Crippen LogP contribution in [0.3, 0.4) is 0 Å². The Balaban J connectivity index is 3.55. The summed E-state index contributed by atoms with van der Waals surface area (Å²) in [4.78, 5) is 10.2. The van der Waals surface area contributed by atoms with Crippen LogP contribution < -0.4 is 11.1 Å². The van der Waals surface area contributed by atoms with Gasteiger partial charge in [0, 0.05) is 6.54 Å². The van der Waals surface area contributed by atoms with E-state index in [1.165, 1.54) is 0 Å². The molecule has 0 aliphatic carbocycles. The second kappa shape index (κ2) is 4.66. The topological polar surface area (TPSA) is 99.1 Å². The molecular weight excluding hydrogens is 146 g/mol. The predicted molar refractivity (Wildman–Crippen MR) is 38.3 cm³/mol. The van der Waals surface area contributed by atoms with Gasteiger partial charge in [-0.15, -0.1) is 0 Å². The van der Waals surface area contributed by atoms with Crippen molar-refractivity contribution in [3.63, 3.8) is 0 Å². The molecule has 0 heterocycles. The summed E-state index contributed by atoms with van der Waals surface area (Å²) in [6, 6.07) is 1.50. The molecule has 0 saturated carbocycles. The number of rotatable bonds is 4. The molecule has 0 aromatic heterocycles. The lowest BCUT2D eigenvalue weighted by Gasteiger charge is -2.08. The van der Waals surface area contributed by atoms with Gasteiger partial charge >= 0.3 is 0 Å². The summed E-state index contributed by atoms with van der Waals surface area (Å²) in [7, 11) is 0. The molecule has 4 N–H and O–H groups in total. The Hall–Kier alpha value is -1.12. The lowest BCUT2D eigenvalue weighted by atomic mass is 10.3. The minimum absolute atomic E-state index is 0.0179. The van der Waals surface area contributed by atoms with Gasteiger partial charge < -0.3 is 10.8 Å². The molecule has 0 spiro atoms. The van der Waals surface area contributed by atoms with Gasteiger partial charge in [0.2, 0.25) is 5.91 Å². The minimum Gasteiger partial charge on any atom is -0.382 e. The highest BCUT2D eigenvalue weighted by molar-refractivity contribution is 5.78. The van der Waals surface area contributed by atoms with Crippen LogP contribution in [0.15, 0.2) is 0 Å². The molecule has 0 rings (SSSR count). The molecule has 0 aliphatic rings. The third-order valence-electron chi connectivity index (χ3n) is 1.14. The van der Waals surface area contributed by atoms with Gasteiger partial charge in [0.05, 0.1) is 12.1 Å². The molecule has 0 fully saturated rings. The zero-order valence-electron chi connectivity index (χ0n) is 6.24. The van der Waals surface area contributed by atoms with E-state index in [2.05, 4.69) is 5.32 Å². The third kappa shape index (κ3) is 4.31. The number of nitrogens with zero attached hydrogens (tertiary/aromatic N) is 1. The highest BCUT2D eigenvalue weighted by atomic mass is 16.3. The van der Waals surface area contributed by atoms with Crippen molar-refractivity contribution in [3.8, 4) is 6.07 Å². The molecule has 0 aliphatic heterocycles. The van der Waals surface area contributed by atoms with Crippen molar-refractivity contribution in [3.05, 3.63) is 0 Å². The standard InChI is InChI=1S/C6H11N3O2/c1-4(2-7)9-3-5(10)6(8)11/h4-5,9-10H,3H2,1H3,(H2,8,11). The van der Waals surface area contributed by atoms with Crippen LogP contribution in [-0.2, 0) is 4.79 Å². The SMILES string of the molecule is CC(C#N)NCC(O)C(N)=O. The number of nitrogens with two attached hydrogens (primary N) is 1. The zero-order chi connectivity index (χ0) is 8.85. The molecule has 5 heteroatoms. The first kappa shape index (κ1) is 9.88. The first-order chi connectivity index (χ1) is 5.07. The molecule has 0 radical (unpaired) electrons. The van der Waals surface area contributed by atoms with Crippen molar-refractivity contribution in [2.45, 2.75) is 19.1 Å². The molecule has 11 heavy (non-hydrogen) atoms. The molecule has 0 aromatic rings. The molecule has 5 nitrogen and oxygen atoms in total. The van der Waals surface area contributed by atoms with E-state index in [0.29, 0.717) is 0 Å². The van der Waals surface area contributed by atoms with Crippen LogP contribution in [0.4, 0.5) is 0 Å². The second-order valence-corrected chi connectivity index (χ2v) is 2.18. The maximum absolute atomic E-state index is 10.2. The number of aliphatic hydroxyl groups excluding tert-OH is 1. The number of carbonyl (C=O) groups is 1. The number of hydrogen-bond acceptors (Lipinski definition) is 4. The average molecular weight is 157 g/mol. The molecule has 2 atom stereocenters. The summed E-state index contributed by atoms with van der Waals surface area (Å²) in [5, 5.41) is 19.7. The van der Waals surface area contributed by atoms with Gasteiger partial charge in [-0.2, -0.15) is 5.26 Å². The van der Waals surface area contributed by atoms with Crippen molar-refractivity contribution in [1.82, 2.24) is 5.32 Å². The number of amides is 1. The van der Waals surface area contributed by atoms with Crippen molar-refractivity contribution >= 4 is 5.91 Å². The molecule has 0 saturated heterocycles. The smallest absolute Gasteiger partial charge is 0.247 e. The Morgan fingerprint density at radius 1 is 1.91 bits per heavy atom. The van der Waals surface area contributed by atoms with Gasteiger partial charge in [0.15, 0.2) is 0 Å². The summed E-state index contributed by atoms with van der Waals surface area (Å²) >= 11 is 0. The fourth-order valence-electron chi connectivity index (χ4n) is 0.435. The summed E-state index contributed by atoms with van der Waals surface area (Å²) in [5.74, 6) is -0.789. The van der Waals surface area contributed by atoms with Crippen LogP contribution in [0.25, 0.3) is 0 Å². The minimum atomic E-state index is -1.22. The highest BCUT2D eigenvalue weighted by Crippen LogP contribution is 1.81. The van der Waals surface area contributed by atoms with E-state index < -0.39 is 12.0 Å². The molecule has 1 amide bonds. The lowest BCUT2D eigenvalue weighted by molar-refractivity contribution is -0.125. The van der Waals surface area contributed by atoms with Gasteiger partial charge in [-0.3, -0.25) is 10.1 Å². The van der Waals surface area contributed by atoms with E-state index in [9.17, 15) is 4.79 Å². The number of carbonyl (C=O) groups excluding carboxylic acids is 1. The van der Waals surface area contributed by atoms with Gasteiger partial charge in [-0.1, -0.05) is 0 Å². The van der Waals surface area contributed by atoms with E-state index in [0.717, 1.165) is 0 Å². The maximum atomic E-state index is 10.2. The van der Waals surface area contributed by atoms with E-state index in [4.69, 9.17) is 16.1 Å². The van der Waals surface area contributed by atoms with Gasteiger partial charge in [0.1, 0.15) is 6.10 Å². The van der Waals surface area contributed by atoms with Crippen molar-refractivity contribution in [2.75, 3.05) is 6.54 Å². The lowest BCUT2D eigenvalue weighted by Crippen LogP contribution is -2.40. The van der Waals surface area contributed by atoms with Crippen LogP contribution in [-0.4, -0.2) is 29.7 Å². The monoisotopic (exact) mass is 157 g/mol. The number of hydrogen-bond donors (Lipinski definition) is 3. The first-order valence-electron chi connectivity index (χ1n) is 3.18. The molecule has 2 unspecified atom stereocenters. The molecule has 0 aromatic carbocycles. The normalized spacial score (nSPS) is 15.0. The largest absolute Gasteiger partial charge is 0.382 e. The summed E-state index contributed by atoms with van der Waals surface area (Å²) in [5.41, 5.74) is 4.75. The third-order valence-corrected chi connectivity index (χ3v) is 1.14. The van der Waals surface area contributed by atoms with Crippen LogP contribution in [0.5, 0.6) is 0 Å². The Morgan fingerprint density at radius 2 is 2.45 bits per heavy atom. The predicted octanol–water partition coefficient (Wildman–Crippen LogP) is -1.67. The van der Waals surface area contributed by atoms with Crippen LogP contribution in [0.1, 0.15) is 6.92 Å². The second-order valence-electron chi connectivity index (χ2n) is 2.18. The summed E-state index contributed by atoms with van der Waals surface area (Å²) in [6.07, 6.45) is -1.22. The van der Waals surface area contributed by atoms with Crippen LogP contribution in [0.2, 0.25) is 0 Å². The quantitative estimate of drug-likeness (QED) is 0.454. The van der Waals surface area contributed by atoms with Gasteiger partial charge in [-0.25, -0.2) is 0 Å². The molecular formula is C6H11N3O2. The van der Waals surface area contributed by atoms with Crippen molar-refractivity contribution in [2.24, 2.45) is 5.73 Å². The fraction of sp³-hybridized carbons (Fsp3) is 0.667. The Bertz CT molecular complexity index is 175.